The van der Waals surface area contributed by atoms with Crippen LogP contribution < -0.4 is 4.74 Å². The summed E-state index contributed by atoms with van der Waals surface area (Å²) in [7, 11) is 1.70. The molecule has 1 fully saturated rings. The fourth-order valence-electron chi connectivity index (χ4n) is 1.63. The van der Waals surface area contributed by atoms with Gasteiger partial charge in [0.2, 0.25) is 0 Å². The molecule has 1 unspecified atom stereocenters. The van der Waals surface area contributed by atoms with E-state index in [0.717, 1.165) is 25.2 Å². The molecule has 1 aliphatic heterocycles. The molecule has 2 nitrogen and oxygen atoms in total. The van der Waals surface area contributed by atoms with Crippen molar-refractivity contribution in [1.82, 2.24) is 0 Å². The molecule has 1 heterocycles. The molecule has 0 amide bonds. The Morgan fingerprint density at radius 1 is 1.50 bits per heavy atom. The maximum absolute atomic E-state index is 5.19. The monoisotopic (exact) mass is 192 g/mol. The summed E-state index contributed by atoms with van der Waals surface area (Å²) in [5.74, 6) is 0.939. The third-order valence-corrected chi connectivity index (χ3v) is 2.69. The molecule has 2 rings (SSSR count). The topological polar surface area (TPSA) is 21.8 Å². The van der Waals surface area contributed by atoms with E-state index in [4.69, 9.17) is 9.47 Å². The zero-order chi connectivity index (χ0) is 9.97. The van der Waals surface area contributed by atoms with E-state index in [9.17, 15) is 0 Å². The van der Waals surface area contributed by atoms with Gasteiger partial charge in [0.1, 0.15) is 5.75 Å². The minimum Gasteiger partial charge on any atom is -0.497 e. The van der Waals surface area contributed by atoms with Crippen LogP contribution in [0.4, 0.5) is 0 Å². The van der Waals surface area contributed by atoms with E-state index in [1.807, 2.05) is 6.07 Å². The second-order valence-corrected chi connectivity index (χ2v) is 3.79. The van der Waals surface area contributed by atoms with E-state index in [1.54, 1.807) is 7.11 Å². The van der Waals surface area contributed by atoms with Gasteiger partial charge in [-0.2, -0.15) is 0 Å². The largest absolute Gasteiger partial charge is 0.497 e. The molecular formula is C12H16O2. The molecule has 0 aliphatic carbocycles. The standard InChI is InChI=1S/C12H16O2/c1-9-7-11(13-2)5-3-10(9)4-6-12-8-14-12/h3,5,7,12H,4,6,8H2,1-2H3. The average Bonchev–Trinajstić information content (AvgIpc) is 2.99. The zero-order valence-corrected chi connectivity index (χ0v) is 8.75. The van der Waals surface area contributed by atoms with Gasteiger partial charge in [0, 0.05) is 0 Å². The minimum absolute atomic E-state index is 0.525. The first-order valence-electron chi connectivity index (χ1n) is 5.04. The predicted octanol–water partition coefficient (Wildman–Crippen LogP) is 2.34. The molecule has 0 aromatic heterocycles. The number of hydrogen-bond acceptors (Lipinski definition) is 2. The van der Waals surface area contributed by atoms with Crippen molar-refractivity contribution in [3.63, 3.8) is 0 Å². The van der Waals surface area contributed by atoms with Crippen LogP contribution in [0.3, 0.4) is 0 Å². The number of hydrogen-bond donors (Lipinski definition) is 0. The van der Waals surface area contributed by atoms with Crippen LogP contribution in [0.5, 0.6) is 5.75 Å². The predicted molar refractivity (Wildman–Crippen MR) is 55.8 cm³/mol. The third kappa shape index (κ3) is 2.26. The number of epoxide rings is 1. The number of ether oxygens (including phenoxy) is 2. The molecule has 0 saturated carbocycles. The lowest BCUT2D eigenvalue weighted by Crippen LogP contribution is -1.94. The van der Waals surface area contributed by atoms with Crippen molar-refractivity contribution in [3.05, 3.63) is 29.3 Å². The van der Waals surface area contributed by atoms with Gasteiger partial charge in [0.25, 0.3) is 0 Å². The molecule has 1 saturated heterocycles. The van der Waals surface area contributed by atoms with E-state index in [2.05, 4.69) is 19.1 Å². The Bertz CT molecular complexity index is 316. The zero-order valence-electron chi connectivity index (χ0n) is 8.75. The van der Waals surface area contributed by atoms with Crippen molar-refractivity contribution in [1.29, 1.82) is 0 Å². The Morgan fingerprint density at radius 3 is 2.86 bits per heavy atom. The van der Waals surface area contributed by atoms with Crippen LogP contribution >= 0.6 is 0 Å². The summed E-state index contributed by atoms with van der Waals surface area (Å²) in [6.45, 7) is 3.08. The number of benzene rings is 1. The Hall–Kier alpha value is -1.02. The second-order valence-electron chi connectivity index (χ2n) is 3.79. The van der Waals surface area contributed by atoms with Gasteiger partial charge in [0.05, 0.1) is 19.8 Å². The van der Waals surface area contributed by atoms with Crippen LogP contribution in [0.25, 0.3) is 0 Å². The summed E-state index contributed by atoms with van der Waals surface area (Å²) in [4.78, 5) is 0. The van der Waals surface area contributed by atoms with Crippen LogP contribution in [0, 0.1) is 6.92 Å². The van der Waals surface area contributed by atoms with Gasteiger partial charge in [-0.1, -0.05) is 6.07 Å². The minimum atomic E-state index is 0.525. The van der Waals surface area contributed by atoms with Crippen LogP contribution in [-0.4, -0.2) is 19.8 Å². The van der Waals surface area contributed by atoms with Gasteiger partial charge in [-0.15, -0.1) is 0 Å². The van der Waals surface area contributed by atoms with Gasteiger partial charge >= 0.3 is 0 Å². The quantitative estimate of drug-likeness (QED) is 0.683. The first-order chi connectivity index (χ1) is 6.79. The average molecular weight is 192 g/mol. The van der Waals surface area contributed by atoms with Crippen LogP contribution in [0.2, 0.25) is 0 Å². The van der Waals surface area contributed by atoms with Crippen LogP contribution in [0.15, 0.2) is 18.2 Å². The molecule has 0 bridgehead atoms. The van der Waals surface area contributed by atoms with Gasteiger partial charge in [-0.05, 0) is 43.0 Å². The maximum atomic E-state index is 5.19. The van der Waals surface area contributed by atoms with Gasteiger partial charge < -0.3 is 9.47 Å². The summed E-state index contributed by atoms with van der Waals surface area (Å²) in [5.41, 5.74) is 2.71. The lowest BCUT2D eigenvalue weighted by molar-refractivity contribution is 0.396. The van der Waals surface area contributed by atoms with Crippen molar-refractivity contribution in [2.75, 3.05) is 13.7 Å². The van der Waals surface area contributed by atoms with Crippen molar-refractivity contribution in [2.24, 2.45) is 0 Å². The molecule has 2 heteroatoms. The first kappa shape index (κ1) is 9.53. The fourth-order valence-corrected chi connectivity index (χ4v) is 1.63. The SMILES string of the molecule is COc1ccc(CCC2CO2)c(C)c1. The van der Waals surface area contributed by atoms with Crippen LogP contribution in [-0.2, 0) is 11.2 Å². The van der Waals surface area contributed by atoms with Gasteiger partial charge in [-0.3, -0.25) is 0 Å². The lowest BCUT2D eigenvalue weighted by Gasteiger charge is -2.06. The van der Waals surface area contributed by atoms with Crippen molar-refractivity contribution in [2.45, 2.75) is 25.9 Å². The maximum Gasteiger partial charge on any atom is 0.119 e. The highest BCUT2D eigenvalue weighted by Gasteiger charge is 2.21. The van der Waals surface area contributed by atoms with E-state index in [0.29, 0.717) is 6.10 Å². The number of methoxy groups -OCH3 is 1. The molecule has 1 aliphatic rings. The first-order valence-corrected chi connectivity index (χ1v) is 5.04. The summed E-state index contributed by atoms with van der Waals surface area (Å²) in [5, 5.41) is 0. The van der Waals surface area contributed by atoms with Crippen molar-refractivity contribution < 1.29 is 9.47 Å². The van der Waals surface area contributed by atoms with E-state index < -0.39 is 0 Å². The Labute approximate surface area is 84.8 Å². The molecular weight excluding hydrogens is 176 g/mol. The smallest absolute Gasteiger partial charge is 0.119 e. The summed E-state index contributed by atoms with van der Waals surface area (Å²) in [6, 6.07) is 6.26. The van der Waals surface area contributed by atoms with E-state index >= 15 is 0 Å². The Kier molecular flexibility index (Phi) is 2.73. The lowest BCUT2D eigenvalue weighted by atomic mass is 10.0. The van der Waals surface area contributed by atoms with E-state index in [-0.39, 0.29) is 0 Å². The van der Waals surface area contributed by atoms with Gasteiger partial charge in [-0.25, -0.2) is 0 Å². The molecule has 1 aromatic rings. The summed E-state index contributed by atoms with van der Waals surface area (Å²) in [6.07, 6.45) is 2.78. The molecule has 1 aromatic carbocycles. The second kappa shape index (κ2) is 4.01. The fraction of sp³-hybridized carbons (Fsp3) is 0.500. The van der Waals surface area contributed by atoms with Crippen LogP contribution in [0.1, 0.15) is 17.5 Å². The Morgan fingerprint density at radius 2 is 2.29 bits per heavy atom. The molecule has 0 spiro atoms. The number of rotatable bonds is 4. The van der Waals surface area contributed by atoms with E-state index in [1.165, 1.54) is 11.1 Å². The Balaban J connectivity index is 2.01. The molecule has 0 radical (unpaired) electrons. The van der Waals surface area contributed by atoms with Crippen molar-refractivity contribution >= 4 is 0 Å². The number of aryl methyl sites for hydroxylation is 2. The third-order valence-electron chi connectivity index (χ3n) is 2.69. The summed E-state index contributed by atoms with van der Waals surface area (Å²) >= 11 is 0. The normalized spacial score (nSPS) is 19.4. The molecule has 1 atom stereocenters. The highest BCUT2D eigenvalue weighted by atomic mass is 16.6. The highest BCUT2D eigenvalue weighted by Crippen LogP contribution is 2.21. The van der Waals surface area contributed by atoms with Gasteiger partial charge in [0.15, 0.2) is 0 Å². The summed E-state index contributed by atoms with van der Waals surface area (Å²) < 4.78 is 10.4. The highest BCUT2D eigenvalue weighted by molar-refractivity contribution is 5.34. The molecule has 76 valence electrons. The molecule has 14 heavy (non-hydrogen) atoms. The van der Waals surface area contributed by atoms with Crippen molar-refractivity contribution in [3.8, 4) is 5.75 Å². The molecule has 0 N–H and O–H groups in total.